The molecule has 1 aromatic carbocycles. The van der Waals surface area contributed by atoms with Crippen LogP contribution in [0.15, 0.2) is 77.7 Å². The summed E-state index contributed by atoms with van der Waals surface area (Å²) in [5, 5.41) is 8.40. The summed E-state index contributed by atoms with van der Waals surface area (Å²) in [5.41, 5.74) is 11.4. The van der Waals surface area contributed by atoms with E-state index < -0.39 is 6.04 Å². The van der Waals surface area contributed by atoms with Crippen LogP contribution < -0.4 is 16.5 Å². The Kier molecular flexibility index (Phi) is 4.80. The predicted octanol–water partition coefficient (Wildman–Crippen LogP) is 2.00. The van der Waals surface area contributed by atoms with Gasteiger partial charge in [-0.25, -0.2) is 5.43 Å². The van der Waals surface area contributed by atoms with E-state index in [0.29, 0.717) is 6.42 Å². The van der Waals surface area contributed by atoms with Crippen molar-refractivity contribution in [3.8, 4) is 0 Å². The minimum Gasteiger partial charge on any atom is -0.384 e. The molecule has 1 amide bonds. The van der Waals surface area contributed by atoms with Crippen LogP contribution in [-0.4, -0.2) is 29.2 Å². The van der Waals surface area contributed by atoms with Gasteiger partial charge in [-0.3, -0.25) is 9.78 Å². The molecule has 27 heavy (non-hydrogen) atoms. The fraction of sp³-hybridized carbons (Fsp3) is 0.190. The molecule has 3 atom stereocenters. The minimum absolute atomic E-state index is 0.261. The number of pyridine rings is 1. The molecule has 0 saturated carbocycles. The third-order valence-electron chi connectivity index (χ3n) is 4.86. The van der Waals surface area contributed by atoms with Crippen LogP contribution in [0.1, 0.15) is 12.0 Å². The van der Waals surface area contributed by atoms with Gasteiger partial charge in [0, 0.05) is 23.1 Å². The number of fused-ring (bicyclic) bond motifs is 2. The van der Waals surface area contributed by atoms with Crippen LogP contribution in [0.5, 0.6) is 0 Å². The smallest absolute Gasteiger partial charge is 0.257 e. The van der Waals surface area contributed by atoms with E-state index in [1.165, 1.54) is 0 Å². The standard InChI is InChI=1S/C21H21N5O/c22-18(11-16-12-24-19-9-2-1-8-17(16)19)21(27)26-25-13-15-6-3-5-14-7-4-10-23-20(14)15/h1-10,12-13,17-19,24H,11,22H2,(H,26,27)/b25-13+/t17?,18-,19?/m1/s1. The first-order chi connectivity index (χ1) is 13.2. The summed E-state index contributed by atoms with van der Waals surface area (Å²) >= 11 is 0. The molecule has 2 aliphatic rings. The molecule has 2 aromatic rings. The summed E-state index contributed by atoms with van der Waals surface area (Å²) in [6, 6.07) is 9.30. The number of para-hydroxylation sites is 1. The van der Waals surface area contributed by atoms with Gasteiger partial charge in [-0.1, -0.05) is 48.6 Å². The average Bonchev–Trinajstić information content (AvgIpc) is 3.11. The Morgan fingerprint density at radius 2 is 2.15 bits per heavy atom. The summed E-state index contributed by atoms with van der Waals surface area (Å²) < 4.78 is 0. The van der Waals surface area contributed by atoms with Crippen molar-refractivity contribution in [2.75, 3.05) is 0 Å². The maximum absolute atomic E-state index is 12.3. The zero-order valence-electron chi connectivity index (χ0n) is 14.7. The second-order valence-electron chi connectivity index (χ2n) is 6.67. The van der Waals surface area contributed by atoms with Crippen molar-refractivity contribution in [2.45, 2.75) is 18.5 Å². The molecule has 2 unspecified atom stereocenters. The van der Waals surface area contributed by atoms with Gasteiger partial charge in [-0.05, 0) is 24.3 Å². The first-order valence-corrected chi connectivity index (χ1v) is 8.94. The highest BCUT2D eigenvalue weighted by Crippen LogP contribution is 2.28. The molecule has 2 heterocycles. The van der Waals surface area contributed by atoms with Crippen molar-refractivity contribution < 1.29 is 4.79 Å². The maximum Gasteiger partial charge on any atom is 0.257 e. The van der Waals surface area contributed by atoms with Crippen LogP contribution in [0, 0.1) is 5.92 Å². The average molecular weight is 359 g/mol. The monoisotopic (exact) mass is 359 g/mol. The number of hydrazone groups is 1. The lowest BCUT2D eigenvalue weighted by Gasteiger charge is -2.20. The number of hydrogen-bond acceptors (Lipinski definition) is 5. The fourth-order valence-corrected chi connectivity index (χ4v) is 3.44. The lowest BCUT2D eigenvalue weighted by atomic mass is 9.88. The third kappa shape index (κ3) is 3.66. The quantitative estimate of drug-likeness (QED) is 0.562. The van der Waals surface area contributed by atoms with Crippen LogP contribution >= 0.6 is 0 Å². The van der Waals surface area contributed by atoms with E-state index in [1.807, 2.05) is 48.7 Å². The Bertz CT molecular complexity index is 970. The van der Waals surface area contributed by atoms with E-state index >= 15 is 0 Å². The molecule has 0 saturated heterocycles. The van der Waals surface area contributed by atoms with Crippen molar-refractivity contribution >= 4 is 23.0 Å². The SMILES string of the molecule is N[C@H](CC1=CNC2C=CC=CC12)C(=O)N/N=C/c1cccc2cccnc12. The van der Waals surface area contributed by atoms with E-state index in [1.54, 1.807) is 12.4 Å². The number of nitrogens with one attached hydrogen (secondary N) is 2. The summed E-state index contributed by atoms with van der Waals surface area (Å²) in [6.45, 7) is 0. The largest absolute Gasteiger partial charge is 0.384 e. The van der Waals surface area contributed by atoms with Gasteiger partial charge in [0.15, 0.2) is 0 Å². The Balaban J connectivity index is 1.37. The van der Waals surface area contributed by atoms with E-state index in [9.17, 15) is 4.79 Å². The first-order valence-electron chi connectivity index (χ1n) is 8.94. The molecule has 0 radical (unpaired) electrons. The molecule has 4 N–H and O–H groups in total. The molecule has 1 aromatic heterocycles. The summed E-state index contributed by atoms with van der Waals surface area (Å²) in [6.07, 6.45) is 14.1. The van der Waals surface area contributed by atoms with Crippen molar-refractivity contribution in [3.05, 3.63) is 78.2 Å². The topological polar surface area (TPSA) is 92.4 Å². The second-order valence-corrected chi connectivity index (χ2v) is 6.67. The van der Waals surface area contributed by atoms with E-state index in [0.717, 1.165) is 22.0 Å². The molecular formula is C21H21N5O. The number of hydrogen-bond donors (Lipinski definition) is 3. The van der Waals surface area contributed by atoms with Crippen molar-refractivity contribution in [1.82, 2.24) is 15.7 Å². The number of carbonyl (C=O) groups excluding carboxylic acids is 1. The van der Waals surface area contributed by atoms with E-state index in [4.69, 9.17) is 5.73 Å². The van der Waals surface area contributed by atoms with Crippen LogP contribution in [0.25, 0.3) is 10.9 Å². The highest BCUT2D eigenvalue weighted by molar-refractivity contribution is 5.97. The molecule has 0 fully saturated rings. The Morgan fingerprint density at radius 1 is 1.30 bits per heavy atom. The predicted molar refractivity (Wildman–Crippen MR) is 107 cm³/mol. The normalized spacial score (nSPS) is 21.7. The highest BCUT2D eigenvalue weighted by atomic mass is 16.2. The van der Waals surface area contributed by atoms with E-state index in [2.05, 4.69) is 33.0 Å². The Hall–Kier alpha value is -3.25. The molecular weight excluding hydrogens is 338 g/mol. The number of aromatic nitrogens is 1. The van der Waals surface area contributed by atoms with Gasteiger partial charge in [0.25, 0.3) is 5.91 Å². The zero-order chi connectivity index (χ0) is 18.6. The lowest BCUT2D eigenvalue weighted by Crippen LogP contribution is -2.39. The number of nitrogens with zero attached hydrogens (tertiary/aromatic N) is 2. The number of benzene rings is 1. The van der Waals surface area contributed by atoms with Crippen LogP contribution in [-0.2, 0) is 4.79 Å². The van der Waals surface area contributed by atoms with Crippen molar-refractivity contribution in [3.63, 3.8) is 0 Å². The van der Waals surface area contributed by atoms with Gasteiger partial charge in [0.1, 0.15) is 0 Å². The fourth-order valence-electron chi connectivity index (χ4n) is 3.44. The molecule has 0 spiro atoms. The van der Waals surface area contributed by atoms with Gasteiger partial charge in [0.2, 0.25) is 0 Å². The Morgan fingerprint density at radius 3 is 3.07 bits per heavy atom. The number of amides is 1. The van der Waals surface area contributed by atoms with Gasteiger partial charge in [-0.15, -0.1) is 0 Å². The molecule has 6 heteroatoms. The van der Waals surface area contributed by atoms with Crippen LogP contribution in [0.4, 0.5) is 0 Å². The molecule has 4 rings (SSSR count). The van der Waals surface area contributed by atoms with Crippen molar-refractivity contribution in [1.29, 1.82) is 0 Å². The minimum atomic E-state index is -0.654. The summed E-state index contributed by atoms with van der Waals surface area (Å²) in [7, 11) is 0. The third-order valence-corrected chi connectivity index (χ3v) is 4.86. The Labute approximate surface area is 157 Å². The van der Waals surface area contributed by atoms with Gasteiger partial charge >= 0.3 is 0 Å². The van der Waals surface area contributed by atoms with E-state index in [-0.39, 0.29) is 17.9 Å². The van der Waals surface area contributed by atoms with Gasteiger partial charge in [0.05, 0.1) is 23.8 Å². The van der Waals surface area contributed by atoms with Crippen LogP contribution in [0.3, 0.4) is 0 Å². The number of allylic oxidation sites excluding steroid dienone is 2. The molecule has 6 nitrogen and oxygen atoms in total. The van der Waals surface area contributed by atoms with Gasteiger partial charge < -0.3 is 11.1 Å². The molecule has 0 bridgehead atoms. The molecule has 1 aliphatic heterocycles. The van der Waals surface area contributed by atoms with Gasteiger partial charge in [-0.2, -0.15) is 5.10 Å². The highest BCUT2D eigenvalue weighted by Gasteiger charge is 2.29. The number of rotatable bonds is 5. The lowest BCUT2D eigenvalue weighted by molar-refractivity contribution is -0.122. The van der Waals surface area contributed by atoms with Crippen LogP contribution in [0.2, 0.25) is 0 Å². The number of carbonyl (C=O) groups is 1. The summed E-state index contributed by atoms with van der Waals surface area (Å²) in [5.74, 6) is -0.0433. The second kappa shape index (κ2) is 7.55. The number of nitrogens with two attached hydrogens (primary N) is 1. The maximum atomic E-state index is 12.3. The first kappa shape index (κ1) is 17.2. The van der Waals surface area contributed by atoms with Crippen molar-refractivity contribution in [2.24, 2.45) is 16.8 Å². The summed E-state index contributed by atoms with van der Waals surface area (Å²) in [4.78, 5) is 16.7. The zero-order valence-corrected chi connectivity index (χ0v) is 14.7. The molecule has 136 valence electrons. The molecule has 1 aliphatic carbocycles.